The molecule has 108 valence electrons. The molecule has 2 heterocycles. The van der Waals surface area contributed by atoms with Gasteiger partial charge in [-0.25, -0.2) is 0 Å². The summed E-state index contributed by atoms with van der Waals surface area (Å²) in [5, 5.41) is 3.51. The van der Waals surface area contributed by atoms with Gasteiger partial charge in [0, 0.05) is 12.6 Å². The standard InChI is InChI=1S/C16H22N2O2/c19-16-14-7-1-2-8-15(14)20-12-11-18(16)10-4-6-13-5-3-9-17-13/h1-2,7-8,13,17H,3-6,9-12H2. The van der Waals surface area contributed by atoms with E-state index in [1.807, 2.05) is 29.2 Å². The third kappa shape index (κ3) is 2.96. The average molecular weight is 274 g/mol. The summed E-state index contributed by atoms with van der Waals surface area (Å²) >= 11 is 0. The molecule has 1 fully saturated rings. The van der Waals surface area contributed by atoms with E-state index in [2.05, 4.69) is 5.32 Å². The highest BCUT2D eigenvalue weighted by molar-refractivity contribution is 5.97. The molecule has 1 aromatic rings. The number of ether oxygens (including phenoxy) is 1. The third-order valence-electron chi connectivity index (χ3n) is 4.17. The fourth-order valence-corrected chi connectivity index (χ4v) is 3.05. The van der Waals surface area contributed by atoms with E-state index in [-0.39, 0.29) is 5.91 Å². The summed E-state index contributed by atoms with van der Waals surface area (Å²) in [4.78, 5) is 14.4. The Morgan fingerprint density at radius 2 is 2.25 bits per heavy atom. The summed E-state index contributed by atoms with van der Waals surface area (Å²) in [5.74, 6) is 0.829. The number of rotatable bonds is 4. The van der Waals surface area contributed by atoms with Crippen molar-refractivity contribution < 1.29 is 9.53 Å². The summed E-state index contributed by atoms with van der Waals surface area (Å²) < 4.78 is 5.65. The Hall–Kier alpha value is -1.55. The maximum Gasteiger partial charge on any atom is 0.257 e. The zero-order valence-corrected chi connectivity index (χ0v) is 11.8. The number of carbonyl (C=O) groups excluding carboxylic acids is 1. The van der Waals surface area contributed by atoms with Gasteiger partial charge in [0.2, 0.25) is 0 Å². The van der Waals surface area contributed by atoms with Crippen LogP contribution in [0.5, 0.6) is 5.75 Å². The van der Waals surface area contributed by atoms with Gasteiger partial charge in [-0.1, -0.05) is 12.1 Å². The van der Waals surface area contributed by atoms with Crippen LogP contribution in [0.25, 0.3) is 0 Å². The second kappa shape index (κ2) is 6.27. The fraction of sp³-hybridized carbons (Fsp3) is 0.562. The van der Waals surface area contributed by atoms with Crippen LogP contribution in [0.15, 0.2) is 24.3 Å². The molecule has 2 aliphatic rings. The predicted molar refractivity (Wildman–Crippen MR) is 78.1 cm³/mol. The van der Waals surface area contributed by atoms with Crippen molar-refractivity contribution in [3.05, 3.63) is 29.8 Å². The third-order valence-corrected chi connectivity index (χ3v) is 4.17. The van der Waals surface area contributed by atoms with E-state index >= 15 is 0 Å². The minimum absolute atomic E-state index is 0.109. The first-order chi connectivity index (χ1) is 9.84. The first-order valence-electron chi connectivity index (χ1n) is 7.59. The smallest absolute Gasteiger partial charge is 0.257 e. The van der Waals surface area contributed by atoms with Crippen LogP contribution >= 0.6 is 0 Å². The average Bonchev–Trinajstić information content (AvgIpc) is 2.93. The highest BCUT2D eigenvalue weighted by Crippen LogP contribution is 2.22. The van der Waals surface area contributed by atoms with Crippen LogP contribution in [0.1, 0.15) is 36.0 Å². The Kier molecular flexibility index (Phi) is 4.21. The van der Waals surface area contributed by atoms with E-state index in [9.17, 15) is 4.79 Å². The molecule has 1 N–H and O–H groups in total. The van der Waals surface area contributed by atoms with Gasteiger partial charge >= 0.3 is 0 Å². The van der Waals surface area contributed by atoms with Crippen molar-refractivity contribution in [1.82, 2.24) is 10.2 Å². The predicted octanol–water partition coefficient (Wildman–Crippen LogP) is 2.05. The summed E-state index contributed by atoms with van der Waals surface area (Å²) in [6.45, 7) is 3.25. The zero-order chi connectivity index (χ0) is 13.8. The minimum atomic E-state index is 0.109. The Bertz CT molecular complexity index is 469. The van der Waals surface area contributed by atoms with Crippen LogP contribution in [0, 0.1) is 0 Å². The van der Waals surface area contributed by atoms with Crippen molar-refractivity contribution in [3.63, 3.8) is 0 Å². The van der Waals surface area contributed by atoms with Crippen molar-refractivity contribution in [2.75, 3.05) is 26.2 Å². The molecule has 0 spiro atoms. The van der Waals surface area contributed by atoms with E-state index < -0.39 is 0 Å². The van der Waals surface area contributed by atoms with E-state index in [0.717, 1.165) is 31.7 Å². The number of carbonyl (C=O) groups is 1. The molecule has 3 rings (SSSR count). The van der Waals surface area contributed by atoms with Gasteiger partial charge in [-0.05, 0) is 44.4 Å². The second-order valence-electron chi connectivity index (χ2n) is 5.57. The molecule has 1 atom stereocenters. The summed E-state index contributed by atoms with van der Waals surface area (Å²) in [7, 11) is 0. The molecule has 1 unspecified atom stereocenters. The number of benzene rings is 1. The normalized spacial score (nSPS) is 22.3. The molecule has 0 aliphatic carbocycles. The summed E-state index contributed by atoms with van der Waals surface area (Å²) in [6, 6.07) is 8.19. The lowest BCUT2D eigenvalue weighted by atomic mass is 10.1. The van der Waals surface area contributed by atoms with Gasteiger partial charge < -0.3 is 15.0 Å². The molecular formula is C16H22N2O2. The van der Waals surface area contributed by atoms with Crippen molar-refractivity contribution in [1.29, 1.82) is 0 Å². The van der Waals surface area contributed by atoms with Crippen molar-refractivity contribution in [2.45, 2.75) is 31.7 Å². The van der Waals surface area contributed by atoms with E-state index in [1.165, 1.54) is 12.8 Å². The van der Waals surface area contributed by atoms with E-state index in [0.29, 0.717) is 24.8 Å². The maximum absolute atomic E-state index is 12.5. The summed E-state index contributed by atoms with van der Waals surface area (Å²) in [5.41, 5.74) is 0.698. The molecule has 1 amide bonds. The van der Waals surface area contributed by atoms with Crippen LogP contribution in [0.4, 0.5) is 0 Å². The SMILES string of the molecule is O=C1c2ccccc2OCCN1CCCC1CCCN1. The molecule has 0 bridgehead atoms. The van der Waals surface area contributed by atoms with Gasteiger partial charge in [-0.3, -0.25) is 4.79 Å². The van der Waals surface area contributed by atoms with Crippen LogP contribution in [-0.4, -0.2) is 43.1 Å². The van der Waals surface area contributed by atoms with Gasteiger partial charge in [0.25, 0.3) is 5.91 Å². The highest BCUT2D eigenvalue weighted by Gasteiger charge is 2.23. The molecule has 2 aliphatic heterocycles. The molecule has 1 aromatic carbocycles. The molecule has 4 nitrogen and oxygen atoms in total. The minimum Gasteiger partial charge on any atom is -0.491 e. The van der Waals surface area contributed by atoms with Gasteiger partial charge in [-0.2, -0.15) is 0 Å². The largest absolute Gasteiger partial charge is 0.491 e. The maximum atomic E-state index is 12.5. The van der Waals surface area contributed by atoms with Gasteiger partial charge in [0.15, 0.2) is 0 Å². The Balaban J connectivity index is 1.58. The fourth-order valence-electron chi connectivity index (χ4n) is 3.05. The van der Waals surface area contributed by atoms with Gasteiger partial charge in [0.05, 0.1) is 12.1 Å². The van der Waals surface area contributed by atoms with Crippen molar-refractivity contribution >= 4 is 5.91 Å². The highest BCUT2D eigenvalue weighted by atomic mass is 16.5. The number of hydrogen-bond donors (Lipinski definition) is 1. The molecule has 1 saturated heterocycles. The number of hydrogen-bond acceptors (Lipinski definition) is 3. The summed E-state index contributed by atoms with van der Waals surface area (Å²) in [6.07, 6.45) is 4.78. The monoisotopic (exact) mass is 274 g/mol. The van der Waals surface area contributed by atoms with Crippen LogP contribution < -0.4 is 10.1 Å². The molecule has 0 saturated carbocycles. The lowest BCUT2D eigenvalue weighted by Crippen LogP contribution is -2.34. The lowest BCUT2D eigenvalue weighted by Gasteiger charge is -2.20. The number of amides is 1. The van der Waals surface area contributed by atoms with Crippen LogP contribution in [0.3, 0.4) is 0 Å². The number of nitrogens with zero attached hydrogens (tertiary/aromatic N) is 1. The number of nitrogens with one attached hydrogen (secondary N) is 1. The van der Waals surface area contributed by atoms with Crippen molar-refractivity contribution in [2.24, 2.45) is 0 Å². The molecule has 4 heteroatoms. The van der Waals surface area contributed by atoms with Gasteiger partial charge in [-0.15, -0.1) is 0 Å². The molecule has 0 radical (unpaired) electrons. The Morgan fingerprint density at radius 1 is 1.35 bits per heavy atom. The Morgan fingerprint density at radius 3 is 3.10 bits per heavy atom. The van der Waals surface area contributed by atoms with Gasteiger partial charge in [0.1, 0.15) is 12.4 Å². The quantitative estimate of drug-likeness (QED) is 0.913. The zero-order valence-electron chi connectivity index (χ0n) is 11.8. The van der Waals surface area contributed by atoms with Crippen LogP contribution in [0.2, 0.25) is 0 Å². The van der Waals surface area contributed by atoms with E-state index in [4.69, 9.17) is 4.74 Å². The van der Waals surface area contributed by atoms with E-state index in [1.54, 1.807) is 0 Å². The second-order valence-corrected chi connectivity index (χ2v) is 5.57. The topological polar surface area (TPSA) is 41.6 Å². The first-order valence-corrected chi connectivity index (χ1v) is 7.59. The Labute approximate surface area is 120 Å². The molecule has 20 heavy (non-hydrogen) atoms. The van der Waals surface area contributed by atoms with Crippen molar-refractivity contribution in [3.8, 4) is 5.75 Å². The first kappa shape index (κ1) is 13.4. The molecule has 0 aromatic heterocycles. The number of fused-ring (bicyclic) bond motifs is 1. The lowest BCUT2D eigenvalue weighted by molar-refractivity contribution is 0.0751. The number of para-hydroxylation sites is 1. The van der Waals surface area contributed by atoms with Crippen LogP contribution in [-0.2, 0) is 0 Å². The molecular weight excluding hydrogens is 252 g/mol.